The first-order valence-corrected chi connectivity index (χ1v) is 9.33. The third-order valence-corrected chi connectivity index (χ3v) is 5.32. The van der Waals surface area contributed by atoms with E-state index in [4.69, 9.17) is 10.5 Å². The number of hydrogen-bond donors (Lipinski definition) is 2. The zero-order valence-corrected chi connectivity index (χ0v) is 16.0. The Hall–Kier alpha value is -1.69. The maximum absolute atomic E-state index is 12.9. The maximum atomic E-state index is 12.9. The highest BCUT2D eigenvalue weighted by atomic mass is 32.1. The number of fused-ring (bicyclic) bond motifs is 1. The van der Waals surface area contributed by atoms with Crippen LogP contribution in [0.5, 0.6) is 0 Å². The Bertz CT molecular complexity index is 901. The van der Waals surface area contributed by atoms with Gasteiger partial charge in [0.25, 0.3) is 5.56 Å². The van der Waals surface area contributed by atoms with Crippen molar-refractivity contribution in [1.29, 1.82) is 0 Å². The van der Waals surface area contributed by atoms with Gasteiger partial charge in [-0.15, -0.1) is 11.3 Å². The van der Waals surface area contributed by atoms with Crippen molar-refractivity contribution in [3.63, 3.8) is 0 Å². The summed E-state index contributed by atoms with van der Waals surface area (Å²) in [6, 6.07) is 0. The molecule has 0 fully saturated rings. The van der Waals surface area contributed by atoms with Crippen LogP contribution < -0.4 is 22.3 Å². The molecular formula is C16H23F3N4O3S. The molecule has 0 bridgehead atoms. The molecule has 0 aromatic carbocycles. The van der Waals surface area contributed by atoms with Crippen LogP contribution in [0.3, 0.4) is 0 Å². The zero-order valence-electron chi connectivity index (χ0n) is 15.2. The molecule has 0 aliphatic heterocycles. The Morgan fingerprint density at radius 2 is 1.96 bits per heavy atom. The molecule has 0 saturated carbocycles. The molecule has 2 aromatic rings. The van der Waals surface area contributed by atoms with E-state index in [0.29, 0.717) is 36.6 Å². The van der Waals surface area contributed by atoms with Crippen molar-refractivity contribution >= 4 is 21.6 Å². The first kappa shape index (κ1) is 21.6. The summed E-state index contributed by atoms with van der Waals surface area (Å²) >= 11 is 1.22. The summed E-state index contributed by atoms with van der Waals surface area (Å²) in [5.74, 6) is 0. The number of aromatic nitrogens is 2. The van der Waals surface area contributed by atoms with Crippen LogP contribution in [0, 0.1) is 6.92 Å². The smallest absolute Gasteiger partial charge is 0.380 e. The lowest BCUT2D eigenvalue weighted by atomic mass is 10.2. The molecule has 0 atom stereocenters. The summed E-state index contributed by atoms with van der Waals surface area (Å²) < 4.78 is 45.4. The van der Waals surface area contributed by atoms with Crippen molar-refractivity contribution in [3.8, 4) is 0 Å². The average Bonchev–Trinajstić information content (AvgIpc) is 2.91. The van der Waals surface area contributed by atoms with E-state index in [2.05, 4.69) is 5.32 Å². The SMILES string of the molecule is CCOCCn1c(=O)n(CC(F)(F)F)c(=O)c2c(C)c(CNCCN)sc21. The molecule has 3 N–H and O–H groups in total. The van der Waals surface area contributed by atoms with Crippen LogP contribution in [-0.4, -0.2) is 41.6 Å². The van der Waals surface area contributed by atoms with Gasteiger partial charge in [0.15, 0.2) is 0 Å². The van der Waals surface area contributed by atoms with Gasteiger partial charge in [0.1, 0.15) is 11.4 Å². The molecule has 7 nitrogen and oxygen atoms in total. The Morgan fingerprint density at radius 1 is 1.26 bits per heavy atom. The van der Waals surface area contributed by atoms with Gasteiger partial charge in [-0.05, 0) is 19.4 Å². The van der Waals surface area contributed by atoms with Crippen molar-refractivity contribution in [2.24, 2.45) is 5.73 Å². The second kappa shape index (κ2) is 9.00. The molecular weight excluding hydrogens is 385 g/mol. The highest BCUT2D eigenvalue weighted by molar-refractivity contribution is 7.18. The number of thiophene rings is 1. The van der Waals surface area contributed by atoms with Crippen LogP contribution in [-0.2, 0) is 24.4 Å². The predicted octanol–water partition coefficient (Wildman–Crippen LogP) is 1.18. The first-order chi connectivity index (χ1) is 12.7. The number of nitrogens with one attached hydrogen (secondary N) is 1. The summed E-state index contributed by atoms with van der Waals surface area (Å²) in [4.78, 5) is 26.4. The summed E-state index contributed by atoms with van der Waals surface area (Å²) in [5, 5.41) is 3.24. The quantitative estimate of drug-likeness (QED) is 0.608. The molecule has 2 heterocycles. The Morgan fingerprint density at radius 3 is 2.56 bits per heavy atom. The van der Waals surface area contributed by atoms with Gasteiger partial charge >= 0.3 is 11.9 Å². The van der Waals surface area contributed by atoms with E-state index in [1.807, 2.05) is 0 Å². The van der Waals surface area contributed by atoms with Crippen LogP contribution in [0.1, 0.15) is 17.4 Å². The Labute approximate surface area is 157 Å². The Balaban J connectivity index is 2.65. The number of alkyl halides is 3. The largest absolute Gasteiger partial charge is 0.406 e. The van der Waals surface area contributed by atoms with E-state index in [-0.39, 0.29) is 23.1 Å². The minimum Gasteiger partial charge on any atom is -0.380 e. The fourth-order valence-electron chi connectivity index (χ4n) is 2.73. The standard InChI is InChI=1S/C16H23F3N4O3S/c1-3-26-7-6-22-14-12(10(2)11(27-14)8-21-5-4-20)13(24)23(15(22)25)9-16(17,18)19/h21H,3-9,20H2,1-2H3. The van der Waals surface area contributed by atoms with E-state index < -0.39 is 24.0 Å². The van der Waals surface area contributed by atoms with Crippen molar-refractivity contribution in [3.05, 3.63) is 31.3 Å². The minimum atomic E-state index is -4.68. The molecule has 0 aliphatic rings. The lowest BCUT2D eigenvalue weighted by Gasteiger charge is -2.13. The molecule has 152 valence electrons. The van der Waals surface area contributed by atoms with Crippen molar-refractivity contribution in [2.45, 2.75) is 39.7 Å². The van der Waals surface area contributed by atoms with Crippen LogP contribution in [0.15, 0.2) is 9.59 Å². The second-order valence-corrected chi connectivity index (χ2v) is 7.02. The van der Waals surface area contributed by atoms with Gasteiger partial charge < -0.3 is 15.8 Å². The number of halogens is 3. The first-order valence-electron chi connectivity index (χ1n) is 8.52. The third-order valence-electron chi connectivity index (χ3n) is 4.00. The van der Waals surface area contributed by atoms with E-state index >= 15 is 0 Å². The predicted molar refractivity (Wildman–Crippen MR) is 98.4 cm³/mol. The maximum Gasteiger partial charge on any atom is 0.406 e. The molecule has 0 unspecified atom stereocenters. The molecule has 2 rings (SSSR count). The fourth-order valence-corrected chi connectivity index (χ4v) is 4.01. The number of hydrogen-bond acceptors (Lipinski definition) is 6. The van der Waals surface area contributed by atoms with Gasteiger partial charge in [-0.2, -0.15) is 13.2 Å². The summed E-state index contributed by atoms with van der Waals surface area (Å²) in [7, 11) is 0. The van der Waals surface area contributed by atoms with E-state index in [1.54, 1.807) is 13.8 Å². The van der Waals surface area contributed by atoms with Gasteiger partial charge in [-0.3, -0.25) is 13.9 Å². The Kier molecular flexibility index (Phi) is 7.20. The average molecular weight is 408 g/mol. The minimum absolute atomic E-state index is 0.0664. The molecule has 11 heteroatoms. The summed E-state index contributed by atoms with van der Waals surface area (Å²) in [5.41, 5.74) is 4.12. The lowest BCUT2D eigenvalue weighted by molar-refractivity contribution is -0.141. The van der Waals surface area contributed by atoms with Crippen LogP contribution in [0.2, 0.25) is 0 Å². The highest BCUT2D eigenvalue weighted by Crippen LogP contribution is 2.28. The van der Waals surface area contributed by atoms with E-state index in [0.717, 1.165) is 4.88 Å². The second-order valence-electron chi connectivity index (χ2n) is 5.93. The molecule has 0 saturated heterocycles. The van der Waals surface area contributed by atoms with Gasteiger partial charge in [0.2, 0.25) is 0 Å². The van der Waals surface area contributed by atoms with Crippen LogP contribution >= 0.6 is 11.3 Å². The van der Waals surface area contributed by atoms with Crippen molar-refractivity contribution in [1.82, 2.24) is 14.5 Å². The van der Waals surface area contributed by atoms with E-state index in [1.165, 1.54) is 15.9 Å². The van der Waals surface area contributed by atoms with Crippen LogP contribution in [0.4, 0.5) is 13.2 Å². The molecule has 0 spiro atoms. The van der Waals surface area contributed by atoms with Crippen LogP contribution in [0.25, 0.3) is 10.2 Å². The van der Waals surface area contributed by atoms with E-state index in [9.17, 15) is 22.8 Å². The molecule has 2 aromatic heterocycles. The summed E-state index contributed by atoms with van der Waals surface area (Å²) in [6.45, 7) is 3.88. The number of rotatable bonds is 9. The molecule has 27 heavy (non-hydrogen) atoms. The van der Waals surface area contributed by atoms with Gasteiger partial charge in [-0.1, -0.05) is 0 Å². The zero-order chi connectivity index (χ0) is 20.2. The number of nitrogens with zero attached hydrogens (tertiary/aromatic N) is 2. The normalized spacial score (nSPS) is 12.2. The number of nitrogens with two attached hydrogens (primary N) is 1. The third kappa shape index (κ3) is 4.98. The lowest BCUT2D eigenvalue weighted by Crippen LogP contribution is -2.43. The summed E-state index contributed by atoms with van der Waals surface area (Å²) in [6.07, 6.45) is -4.68. The fraction of sp³-hybridized carbons (Fsp3) is 0.625. The number of ether oxygens (including phenoxy) is 1. The molecule has 0 amide bonds. The molecule has 0 radical (unpaired) electrons. The monoisotopic (exact) mass is 408 g/mol. The highest BCUT2D eigenvalue weighted by Gasteiger charge is 2.31. The van der Waals surface area contributed by atoms with Crippen molar-refractivity contribution in [2.75, 3.05) is 26.3 Å². The molecule has 0 aliphatic carbocycles. The topological polar surface area (TPSA) is 91.3 Å². The van der Waals surface area contributed by atoms with Gasteiger partial charge in [0, 0.05) is 31.1 Å². The van der Waals surface area contributed by atoms with Gasteiger partial charge in [-0.25, -0.2) is 4.79 Å². The number of aryl methyl sites for hydroxylation is 1. The van der Waals surface area contributed by atoms with Gasteiger partial charge in [0.05, 0.1) is 18.5 Å². The van der Waals surface area contributed by atoms with Crippen molar-refractivity contribution < 1.29 is 17.9 Å².